The van der Waals surface area contributed by atoms with Crippen molar-refractivity contribution in [3.8, 4) is 0 Å². The highest BCUT2D eigenvalue weighted by Gasteiger charge is 2.29. The van der Waals surface area contributed by atoms with E-state index in [1.165, 1.54) is 35.6 Å². The molecule has 0 saturated carbocycles. The molecule has 1 aromatic heterocycles. The Labute approximate surface area is 189 Å². The summed E-state index contributed by atoms with van der Waals surface area (Å²) < 4.78 is 13.1. The van der Waals surface area contributed by atoms with E-state index in [-0.39, 0.29) is 23.6 Å². The number of piperidine rings is 1. The Balaban J connectivity index is 1.37. The SMILES string of the molecule is O=C(Nc1cccc(NC(=O)C2CCCN(C(=O)c3ccc(F)cc3)C2)c1)c1cccs1. The highest BCUT2D eigenvalue weighted by atomic mass is 32.1. The van der Waals surface area contributed by atoms with Crippen LogP contribution in [0.3, 0.4) is 0 Å². The number of anilines is 2. The van der Waals surface area contributed by atoms with Gasteiger partial charge in [-0.2, -0.15) is 0 Å². The molecule has 2 N–H and O–H groups in total. The van der Waals surface area contributed by atoms with Crippen molar-refractivity contribution in [3.63, 3.8) is 0 Å². The number of thiophene rings is 1. The van der Waals surface area contributed by atoms with Gasteiger partial charge < -0.3 is 15.5 Å². The summed E-state index contributed by atoms with van der Waals surface area (Å²) in [5.74, 6) is -1.33. The molecule has 3 aromatic rings. The maximum atomic E-state index is 13.1. The van der Waals surface area contributed by atoms with Gasteiger partial charge in [-0.15, -0.1) is 11.3 Å². The lowest BCUT2D eigenvalue weighted by atomic mass is 9.96. The van der Waals surface area contributed by atoms with Crippen LogP contribution >= 0.6 is 11.3 Å². The van der Waals surface area contributed by atoms with E-state index in [1.54, 1.807) is 35.2 Å². The van der Waals surface area contributed by atoms with E-state index in [4.69, 9.17) is 0 Å². The number of carbonyl (C=O) groups excluding carboxylic acids is 3. The molecule has 1 atom stereocenters. The van der Waals surface area contributed by atoms with Crippen LogP contribution in [0.15, 0.2) is 66.0 Å². The maximum absolute atomic E-state index is 13.1. The average molecular weight is 452 g/mol. The van der Waals surface area contributed by atoms with Crippen molar-refractivity contribution in [3.05, 3.63) is 82.3 Å². The zero-order valence-electron chi connectivity index (χ0n) is 17.2. The normalized spacial score (nSPS) is 15.8. The summed E-state index contributed by atoms with van der Waals surface area (Å²) in [4.78, 5) is 40.1. The van der Waals surface area contributed by atoms with Crippen LogP contribution in [0.1, 0.15) is 32.9 Å². The number of likely N-dealkylation sites (tertiary alicyclic amines) is 1. The molecule has 1 saturated heterocycles. The molecule has 0 bridgehead atoms. The number of halogens is 1. The summed E-state index contributed by atoms with van der Waals surface area (Å²) in [6, 6.07) is 15.9. The Morgan fingerprint density at radius 2 is 1.72 bits per heavy atom. The van der Waals surface area contributed by atoms with Gasteiger partial charge in [0.05, 0.1) is 10.8 Å². The molecule has 1 unspecified atom stereocenters. The van der Waals surface area contributed by atoms with Crippen molar-refractivity contribution < 1.29 is 18.8 Å². The Hall–Kier alpha value is -3.52. The van der Waals surface area contributed by atoms with Crippen LogP contribution in [-0.2, 0) is 4.79 Å². The van der Waals surface area contributed by atoms with Crippen LogP contribution in [0.2, 0.25) is 0 Å². The van der Waals surface area contributed by atoms with Gasteiger partial charge in [-0.05, 0) is 66.8 Å². The molecule has 1 fully saturated rings. The smallest absolute Gasteiger partial charge is 0.265 e. The first-order valence-corrected chi connectivity index (χ1v) is 11.2. The molecule has 2 heterocycles. The van der Waals surface area contributed by atoms with E-state index in [9.17, 15) is 18.8 Å². The van der Waals surface area contributed by atoms with Crippen molar-refractivity contribution in [2.45, 2.75) is 12.8 Å². The Bertz CT molecular complexity index is 1120. The second-order valence-electron chi connectivity index (χ2n) is 7.60. The molecular formula is C24H22FN3O3S. The number of carbonyl (C=O) groups is 3. The second kappa shape index (κ2) is 9.74. The van der Waals surface area contributed by atoms with Crippen LogP contribution in [0.4, 0.5) is 15.8 Å². The van der Waals surface area contributed by atoms with Gasteiger partial charge in [-0.3, -0.25) is 14.4 Å². The monoisotopic (exact) mass is 451 g/mol. The molecule has 0 radical (unpaired) electrons. The van der Waals surface area contributed by atoms with Gasteiger partial charge in [0.1, 0.15) is 5.82 Å². The first-order valence-electron chi connectivity index (χ1n) is 10.3. The minimum atomic E-state index is -0.397. The Kier molecular flexibility index (Phi) is 6.61. The zero-order chi connectivity index (χ0) is 22.5. The predicted molar refractivity (Wildman–Crippen MR) is 122 cm³/mol. The van der Waals surface area contributed by atoms with Crippen molar-refractivity contribution >= 4 is 40.4 Å². The largest absolute Gasteiger partial charge is 0.338 e. The zero-order valence-corrected chi connectivity index (χ0v) is 18.0. The van der Waals surface area contributed by atoms with Gasteiger partial charge in [0.25, 0.3) is 11.8 Å². The van der Waals surface area contributed by atoms with Gasteiger partial charge in [0, 0.05) is 30.0 Å². The molecule has 0 aliphatic carbocycles. The number of amides is 3. The molecule has 32 heavy (non-hydrogen) atoms. The highest BCUT2D eigenvalue weighted by Crippen LogP contribution is 2.22. The first kappa shape index (κ1) is 21.7. The minimum Gasteiger partial charge on any atom is -0.338 e. The van der Waals surface area contributed by atoms with E-state index >= 15 is 0 Å². The van der Waals surface area contributed by atoms with Gasteiger partial charge in [0.2, 0.25) is 5.91 Å². The number of benzene rings is 2. The quantitative estimate of drug-likeness (QED) is 0.594. The van der Waals surface area contributed by atoms with Crippen LogP contribution in [-0.4, -0.2) is 35.7 Å². The van der Waals surface area contributed by atoms with Gasteiger partial charge >= 0.3 is 0 Å². The Morgan fingerprint density at radius 3 is 2.44 bits per heavy atom. The van der Waals surface area contributed by atoms with Crippen LogP contribution < -0.4 is 10.6 Å². The summed E-state index contributed by atoms with van der Waals surface area (Å²) in [5.41, 5.74) is 1.56. The van der Waals surface area contributed by atoms with E-state index in [1.807, 2.05) is 11.4 Å². The molecule has 1 aliphatic heterocycles. The molecule has 8 heteroatoms. The van der Waals surface area contributed by atoms with E-state index in [0.717, 1.165) is 0 Å². The molecule has 164 valence electrons. The summed E-state index contributed by atoms with van der Waals surface area (Å²) in [7, 11) is 0. The summed E-state index contributed by atoms with van der Waals surface area (Å²) >= 11 is 1.35. The lowest BCUT2D eigenvalue weighted by molar-refractivity contribution is -0.121. The van der Waals surface area contributed by atoms with Crippen molar-refractivity contribution in [2.75, 3.05) is 23.7 Å². The molecule has 6 nitrogen and oxygen atoms in total. The molecule has 3 amide bonds. The molecule has 2 aromatic carbocycles. The fourth-order valence-corrected chi connectivity index (χ4v) is 4.29. The third-order valence-corrected chi connectivity index (χ3v) is 6.17. The van der Waals surface area contributed by atoms with Gasteiger partial charge in [0.15, 0.2) is 0 Å². The number of hydrogen-bond acceptors (Lipinski definition) is 4. The fourth-order valence-electron chi connectivity index (χ4n) is 3.67. The topological polar surface area (TPSA) is 78.5 Å². The third-order valence-electron chi connectivity index (χ3n) is 5.30. The summed E-state index contributed by atoms with van der Waals surface area (Å²) in [6.45, 7) is 0.862. The number of hydrogen-bond donors (Lipinski definition) is 2. The first-order chi connectivity index (χ1) is 15.5. The van der Waals surface area contributed by atoms with E-state index < -0.39 is 5.82 Å². The predicted octanol–water partition coefficient (Wildman–Crippen LogP) is 4.63. The molecule has 0 spiro atoms. The number of nitrogens with zero attached hydrogens (tertiary/aromatic N) is 1. The fraction of sp³-hybridized carbons (Fsp3) is 0.208. The van der Waals surface area contributed by atoms with Crippen LogP contribution in [0, 0.1) is 11.7 Å². The molecule has 1 aliphatic rings. The highest BCUT2D eigenvalue weighted by molar-refractivity contribution is 7.12. The summed E-state index contributed by atoms with van der Waals surface area (Å²) in [5, 5.41) is 7.55. The molecular weight excluding hydrogens is 429 g/mol. The maximum Gasteiger partial charge on any atom is 0.265 e. The van der Waals surface area contributed by atoms with Crippen molar-refractivity contribution in [2.24, 2.45) is 5.92 Å². The Morgan fingerprint density at radius 1 is 0.969 bits per heavy atom. The number of rotatable bonds is 5. The standard InChI is InChI=1S/C24H22FN3O3S/c25-18-10-8-16(9-11-18)24(31)28-12-2-4-17(15-28)22(29)26-19-5-1-6-20(14-19)27-23(30)21-7-3-13-32-21/h1,3,5-11,13-14,17H,2,4,12,15H2,(H,26,29)(H,27,30). The van der Waals surface area contributed by atoms with Crippen LogP contribution in [0.25, 0.3) is 0 Å². The van der Waals surface area contributed by atoms with E-state index in [2.05, 4.69) is 10.6 Å². The van der Waals surface area contributed by atoms with Crippen LogP contribution in [0.5, 0.6) is 0 Å². The average Bonchev–Trinajstić information content (AvgIpc) is 3.35. The number of nitrogens with one attached hydrogen (secondary N) is 2. The minimum absolute atomic E-state index is 0.177. The van der Waals surface area contributed by atoms with Crippen molar-refractivity contribution in [1.82, 2.24) is 4.90 Å². The van der Waals surface area contributed by atoms with E-state index in [0.29, 0.717) is 47.7 Å². The second-order valence-corrected chi connectivity index (χ2v) is 8.55. The van der Waals surface area contributed by atoms with Gasteiger partial charge in [-0.25, -0.2) is 4.39 Å². The van der Waals surface area contributed by atoms with Gasteiger partial charge in [-0.1, -0.05) is 12.1 Å². The lowest BCUT2D eigenvalue weighted by Gasteiger charge is -2.32. The third kappa shape index (κ3) is 5.20. The lowest BCUT2D eigenvalue weighted by Crippen LogP contribution is -2.43. The summed E-state index contributed by atoms with van der Waals surface area (Å²) in [6.07, 6.45) is 1.38. The molecule has 4 rings (SSSR count). The van der Waals surface area contributed by atoms with Crippen molar-refractivity contribution in [1.29, 1.82) is 0 Å².